The molecule has 0 radical (unpaired) electrons. The number of ether oxygens (including phenoxy) is 1. The van der Waals surface area contributed by atoms with Gasteiger partial charge in [0.05, 0.1) is 39.0 Å². The van der Waals surface area contributed by atoms with Crippen molar-refractivity contribution in [2.45, 2.75) is 39.0 Å². The number of likely N-dealkylation sites (N-methyl/N-ethyl adjacent to an activating group) is 1. The van der Waals surface area contributed by atoms with Crippen LogP contribution in [0.25, 0.3) is 5.57 Å². The molecule has 0 amide bonds. The van der Waals surface area contributed by atoms with Gasteiger partial charge in [0.15, 0.2) is 0 Å². The summed E-state index contributed by atoms with van der Waals surface area (Å²) in [7, 11) is 4.52. The van der Waals surface area contributed by atoms with E-state index in [1.807, 2.05) is 0 Å². The minimum Gasteiger partial charge on any atom is -1.00 e. The van der Waals surface area contributed by atoms with Crippen LogP contribution in [-0.4, -0.2) is 47.0 Å². The van der Waals surface area contributed by atoms with Crippen molar-refractivity contribution in [3.05, 3.63) is 11.8 Å². The molecule has 1 aromatic heterocycles. The fourth-order valence-corrected chi connectivity index (χ4v) is 3.06. The molecule has 0 atom stereocenters. The molecule has 0 N–H and O–H groups in total. The van der Waals surface area contributed by atoms with Crippen molar-refractivity contribution >= 4 is 17.3 Å². The second-order valence-electron chi connectivity index (χ2n) is 6.16. The molecule has 0 aromatic carbocycles. The standard InChI is InChI=1S/C15H26N3OS.HI/c1-4-5-6-7-11-19-15-14(16-20-17-15)13-9-8-10-18(2,3)12-13;/h9H,4-8,10-12H2,1-3H3;1H/q+1;/p-1. The lowest BCUT2D eigenvalue weighted by Crippen LogP contribution is -3.00. The summed E-state index contributed by atoms with van der Waals surface area (Å²) in [6.45, 7) is 5.18. The lowest BCUT2D eigenvalue weighted by molar-refractivity contribution is -0.883. The molecule has 0 spiro atoms. The summed E-state index contributed by atoms with van der Waals surface area (Å²) in [6.07, 6.45) is 8.27. The molecule has 0 saturated carbocycles. The number of hydrogen-bond acceptors (Lipinski definition) is 4. The molecule has 0 aliphatic carbocycles. The molecule has 4 nitrogen and oxygen atoms in total. The van der Waals surface area contributed by atoms with E-state index in [2.05, 4.69) is 35.8 Å². The van der Waals surface area contributed by atoms with E-state index in [1.165, 1.54) is 43.1 Å². The van der Waals surface area contributed by atoms with Gasteiger partial charge in [0.25, 0.3) is 5.88 Å². The quantitative estimate of drug-likeness (QED) is 0.361. The topological polar surface area (TPSA) is 35.0 Å². The third kappa shape index (κ3) is 5.83. The molecule has 0 fully saturated rings. The Morgan fingerprint density at radius 3 is 2.76 bits per heavy atom. The first kappa shape index (κ1) is 18.8. The number of quaternary nitrogens is 1. The van der Waals surface area contributed by atoms with Crippen LogP contribution in [-0.2, 0) is 0 Å². The Balaban J connectivity index is 0.00000220. The lowest BCUT2D eigenvalue weighted by Gasteiger charge is -2.33. The molecule has 1 aromatic rings. The van der Waals surface area contributed by atoms with E-state index >= 15 is 0 Å². The van der Waals surface area contributed by atoms with Crippen molar-refractivity contribution in [2.24, 2.45) is 0 Å². The molecular formula is C15H26IN3OS. The van der Waals surface area contributed by atoms with Crippen molar-refractivity contribution in [1.82, 2.24) is 8.75 Å². The van der Waals surface area contributed by atoms with Gasteiger partial charge in [0.2, 0.25) is 0 Å². The van der Waals surface area contributed by atoms with Crippen LogP contribution in [0, 0.1) is 0 Å². The fourth-order valence-electron chi connectivity index (χ4n) is 2.53. The zero-order valence-electron chi connectivity index (χ0n) is 13.3. The normalized spacial score (nSPS) is 17.0. The van der Waals surface area contributed by atoms with Crippen LogP contribution < -0.4 is 28.7 Å². The first-order valence-electron chi connectivity index (χ1n) is 7.59. The van der Waals surface area contributed by atoms with Crippen LogP contribution >= 0.6 is 11.7 Å². The van der Waals surface area contributed by atoms with Gasteiger partial charge in [-0.3, -0.25) is 0 Å². The van der Waals surface area contributed by atoms with Gasteiger partial charge in [-0.25, -0.2) is 0 Å². The highest BCUT2D eigenvalue weighted by Crippen LogP contribution is 2.28. The van der Waals surface area contributed by atoms with Crippen LogP contribution in [0.15, 0.2) is 6.08 Å². The summed E-state index contributed by atoms with van der Waals surface area (Å²) in [5.41, 5.74) is 2.26. The van der Waals surface area contributed by atoms with E-state index in [4.69, 9.17) is 4.74 Å². The maximum atomic E-state index is 5.83. The van der Waals surface area contributed by atoms with Crippen LogP contribution in [0.1, 0.15) is 44.7 Å². The molecule has 2 heterocycles. The van der Waals surface area contributed by atoms with E-state index in [-0.39, 0.29) is 24.0 Å². The maximum Gasteiger partial charge on any atom is 0.253 e. The number of rotatable bonds is 7. The van der Waals surface area contributed by atoms with E-state index < -0.39 is 0 Å². The predicted molar refractivity (Wildman–Crippen MR) is 84.0 cm³/mol. The van der Waals surface area contributed by atoms with Gasteiger partial charge in [-0.1, -0.05) is 32.3 Å². The minimum absolute atomic E-state index is 0. The Bertz CT molecular complexity index is 460. The Morgan fingerprint density at radius 2 is 2.05 bits per heavy atom. The highest BCUT2D eigenvalue weighted by molar-refractivity contribution is 6.99. The first-order chi connectivity index (χ1) is 9.62. The fraction of sp³-hybridized carbons (Fsp3) is 0.733. The smallest absolute Gasteiger partial charge is 0.253 e. The average molecular weight is 423 g/mol. The third-order valence-electron chi connectivity index (χ3n) is 3.72. The van der Waals surface area contributed by atoms with Crippen molar-refractivity contribution in [2.75, 3.05) is 33.8 Å². The Kier molecular flexibility index (Phi) is 8.12. The minimum atomic E-state index is 0. The molecule has 0 bridgehead atoms. The number of hydrogen-bond donors (Lipinski definition) is 0. The zero-order chi connectivity index (χ0) is 14.4. The highest BCUT2D eigenvalue weighted by atomic mass is 127. The van der Waals surface area contributed by atoms with Gasteiger partial charge >= 0.3 is 0 Å². The molecule has 6 heteroatoms. The molecule has 1 aliphatic rings. The van der Waals surface area contributed by atoms with Gasteiger partial charge in [-0.15, -0.1) is 4.37 Å². The number of aromatic nitrogens is 2. The lowest BCUT2D eigenvalue weighted by atomic mass is 10.1. The van der Waals surface area contributed by atoms with Crippen LogP contribution in [0.3, 0.4) is 0 Å². The van der Waals surface area contributed by atoms with Crippen LogP contribution in [0.5, 0.6) is 5.88 Å². The summed E-state index contributed by atoms with van der Waals surface area (Å²) < 4.78 is 15.6. The second kappa shape index (κ2) is 9.05. The molecule has 21 heavy (non-hydrogen) atoms. The molecule has 0 saturated heterocycles. The first-order valence-corrected chi connectivity index (χ1v) is 8.32. The molecule has 0 unspecified atom stereocenters. The predicted octanol–water partition coefficient (Wildman–Crippen LogP) is 0.365. The van der Waals surface area contributed by atoms with Crippen LogP contribution in [0.2, 0.25) is 0 Å². The van der Waals surface area contributed by atoms with Gasteiger partial charge in [-0.05, 0) is 6.42 Å². The van der Waals surface area contributed by atoms with Crippen molar-refractivity contribution in [3.8, 4) is 5.88 Å². The van der Waals surface area contributed by atoms with E-state index in [0.717, 1.165) is 42.1 Å². The van der Waals surface area contributed by atoms with Gasteiger partial charge in [0.1, 0.15) is 12.2 Å². The number of halogens is 1. The monoisotopic (exact) mass is 423 g/mol. The summed E-state index contributed by atoms with van der Waals surface area (Å²) >= 11 is 1.26. The molecule has 1 aliphatic heterocycles. The number of nitrogens with zero attached hydrogens (tertiary/aromatic N) is 3. The summed E-state index contributed by atoms with van der Waals surface area (Å²) in [6, 6.07) is 0. The third-order valence-corrected chi connectivity index (χ3v) is 4.23. The molecular weight excluding hydrogens is 397 g/mol. The SMILES string of the molecule is CCCCCCOc1nsnc1C1=CCC[N+](C)(C)C1.[I-]. The Labute approximate surface area is 149 Å². The number of unbranched alkanes of at least 4 members (excludes halogenated alkanes) is 3. The van der Waals surface area contributed by atoms with Crippen molar-refractivity contribution < 1.29 is 33.2 Å². The summed E-state index contributed by atoms with van der Waals surface area (Å²) in [5, 5.41) is 0. The van der Waals surface area contributed by atoms with E-state index in [0.29, 0.717) is 0 Å². The Morgan fingerprint density at radius 1 is 1.24 bits per heavy atom. The van der Waals surface area contributed by atoms with Gasteiger partial charge < -0.3 is 33.2 Å². The van der Waals surface area contributed by atoms with Crippen molar-refractivity contribution in [3.63, 3.8) is 0 Å². The second-order valence-corrected chi connectivity index (χ2v) is 6.69. The average Bonchev–Trinajstić information content (AvgIpc) is 2.86. The van der Waals surface area contributed by atoms with E-state index in [1.54, 1.807) is 0 Å². The largest absolute Gasteiger partial charge is 1.00 e. The summed E-state index contributed by atoms with van der Waals surface area (Å²) in [4.78, 5) is 0. The molecule has 2 rings (SSSR count). The highest BCUT2D eigenvalue weighted by Gasteiger charge is 2.26. The van der Waals surface area contributed by atoms with E-state index in [9.17, 15) is 0 Å². The molecule has 120 valence electrons. The summed E-state index contributed by atoms with van der Waals surface area (Å²) in [5.74, 6) is 0.736. The van der Waals surface area contributed by atoms with Crippen molar-refractivity contribution in [1.29, 1.82) is 0 Å². The van der Waals surface area contributed by atoms with Crippen LogP contribution in [0.4, 0.5) is 0 Å². The maximum absolute atomic E-state index is 5.83. The Hall–Kier alpha value is -0.210. The van der Waals surface area contributed by atoms with Gasteiger partial charge in [0, 0.05) is 12.0 Å². The zero-order valence-corrected chi connectivity index (χ0v) is 16.2. The van der Waals surface area contributed by atoms with Gasteiger partial charge in [-0.2, -0.15) is 4.37 Å².